The highest BCUT2D eigenvalue weighted by Gasteiger charge is 2.14. The first kappa shape index (κ1) is 17.8. The number of halogens is 1. The standard InChI is InChI=1S/C16H18ClN3O4/c1-9-6-12(4-5-14(9)17)23-8-16(22)19-18-15(21)7-13-10(2)20-24-11(13)3/h4-6H,7-8H2,1-3H3,(H,18,21)(H,19,22). The van der Waals surface area contributed by atoms with Gasteiger partial charge < -0.3 is 9.26 Å². The van der Waals surface area contributed by atoms with Crippen LogP contribution in [0.3, 0.4) is 0 Å². The molecule has 2 amide bonds. The first-order chi connectivity index (χ1) is 11.4. The maximum Gasteiger partial charge on any atom is 0.276 e. The maximum atomic E-state index is 11.8. The van der Waals surface area contributed by atoms with E-state index >= 15 is 0 Å². The van der Waals surface area contributed by atoms with Gasteiger partial charge in [0.25, 0.3) is 5.91 Å². The van der Waals surface area contributed by atoms with Crippen LogP contribution in [0, 0.1) is 20.8 Å². The number of nitrogens with zero attached hydrogens (tertiary/aromatic N) is 1. The topological polar surface area (TPSA) is 93.5 Å². The highest BCUT2D eigenvalue weighted by Crippen LogP contribution is 2.20. The number of nitrogens with one attached hydrogen (secondary N) is 2. The summed E-state index contributed by atoms with van der Waals surface area (Å²) in [6.45, 7) is 5.08. The van der Waals surface area contributed by atoms with Crippen LogP contribution in [0.15, 0.2) is 22.7 Å². The quantitative estimate of drug-likeness (QED) is 0.804. The molecular weight excluding hydrogens is 334 g/mol. The molecule has 0 fully saturated rings. The van der Waals surface area contributed by atoms with Gasteiger partial charge in [0.15, 0.2) is 6.61 Å². The van der Waals surface area contributed by atoms with Crippen LogP contribution in [0.4, 0.5) is 0 Å². The minimum absolute atomic E-state index is 0.0681. The van der Waals surface area contributed by atoms with Crippen molar-refractivity contribution in [1.29, 1.82) is 0 Å². The second kappa shape index (κ2) is 7.83. The lowest BCUT2D eigenvalue weighted by molar-refractivity contribution is -0.129. The van der Waals surface area contributed by atoms with Crippen LogP contribution in [-0.2, 0) is 16.0 Å². The van der Waals surface area contributed by atoms with E-state index in [9.17, 15) is 9.59 Å². The predicted molar refractivity (Wildman–Crippen MR) is 87.7 cm³/mol. The van der Waals surface area contributed by atoms with E-state index in [1.54, 1.807) is 32.0 Å². The molecule has 0 radical (unpaired) electrons. The molecule has 1 heterocycles. The van der Waals surface area contributed by atoms with Crippen molar-refractivity contribution >= 4 is 23.4 Å². The summed E-state index contributed by atoms with van der Waals surface area (Å²) in [6.07, 6.45) is 0.0681. The van der Waals surface area contributed by atoms with E-state index in [4.69, 9.17) is 20.9 Å². The molecule has 1 aromatic heterocycles. The number of carbonyl (C=O) groups excluding carboxylic acids is 2. The lowest BCUT2D eigenvalue weighted by Gasteiger charge is -2.09. The number of benzene rings is 1. The van der Waals surface area contributed by atoms with Crippen LogP contribution < -0.4 is 15.6 Å². The van der Waals surface area contributed by atoms with Crippen molar-refractivity contribution in [2.75, 3.05) is 6.61 Å². The third-order valence-corrected chi connectivity index (χ3v) is 3.78. The summed E-state index contributed by atoms with van der Waals surface area (Å²) in [7, 11) is 0. The third-order valence-electron chi connectivity index (χ3n) is 3.36. The summed E-state index contributed by atoms with van der Waals surface area (Å²) in [4.78, 5) is 23.5. The van der Waals surface area contributed by atoms with E-state index in [0.29, 0.717) is 27.8 Å². The van der Waals surface area contributed by atoms with Gasteiger partial charge in [-0.1, -0.05) is 16.8 Å². The van der Waals surface area contributed by atoms with Crippen LogP contribution in [0.1, 0.15) is 22.6 Å². The zero-order valence-corrected chi connectivity index (χ0v) is 14.4. The summed E-state index contributed by atoms with van der Waals surface area (Å²) in [5.41, 5.74) is 6.81. The SMILES string of the molecule is Cc1cc(OCC(=O)NNC(=O)Cc2c(C)noc2C)ccc1Cl. The first-order valence-electron chi connectivity index (χ1n) is 7.25. The predicted octanol–water partition coefficient (Wildman–Crippen LogP) is 2.02. The van der Waals surface area contributed by atoms with Gasteiger partial charge in [-0.15, -0.1) is 0 Å². The monoisotopic (exact) mass is 351 g/mol. The molecule has 2 N–H and O–H groups in total. The molecular formula is C16H18ClN3O4. The van der Waals surface area contributed by atoms with E-state index in [0.717, 1.165) is 5.56 Å². The Morgan fingerprint density at radius 1 is 1.21 bits per heavy atom. The molecule has 0 saturated heterocycles. The Bertz CT molecular complexity index is 738. The summed E-state index contributed by atoms with van der Waals surface area (Å²) in [6, 6.07) is 5.08. The van der Waals surface area contributed by atoms with Gasteiger partial charge in [-0.2, -0.15) is 0 Å². The molecule has 0 unspecified atom stereocenters. The molecule has 7 nitrogen and oxygen atoms in total. The highest BCUT2D eigenvalue weighted by atomic mass is 35.5. The van der Waals surface area contributed by atoms with Crippen LogP contribution in [0.5, 0.6) is 5.75 Å². The first-order valence-corrected chi connectivity index (χ1v) is 7.63. The van der Waals surface area contributed by atoms with Gasteiger partial charge in [0.05, 0.1) is 12.1 Å². The van der Waals surface area contributed by atoms with Crippen molar-refractivity contribution in [3.63, 3.8) is 0 Å². The number of hydrogen-bond donors (Lipinski definition) is 2. The molecule has 24 heavy (non-hydrogen) atoms. The number of ether oxygens (including phenoxy) is 1. The summed E-state index contributed by atoms with van der Waals surface area (Å²) < 4.78 is 10.3. The molecule has 1 aromatic carbocycles. The molecule has 0 bridgehead atoms. The zero-order chi connectivity index (χ0) is 17.7. The third kappa shape index (κ3) is 4.73. The Morgan fingerprint density at radius 2 is 1.92 bits per heavy atom. The van der Waals surface area contributed by atoms with Crippen molar-refractivity contribution < 1.29 is 18.8 Å². The summed E-state index contributed by atoms with van der Waals surface area (Å²) >= 11 is 5.91. The molecule has 128 valence electrons. The normalized spacial score (nSPS) is 10.3. The molecule has 0 aliphatic heterocycles. The second-order valence-electron chi connectivity index (χ2n) is 5.28. The molecule has 0 saturated carbocycles. The Kier molecular flexibility index (Phi) is 5.81. The van der Waals surface area contributed by atoms with Crippen molar-refractivity contribution in [1.82, 2.24) is 16.0 Å². The summed E-state index contributed by atoms with van der Waals surface area (Å²) in [5, 5.41) is 4.39. The summed E-state index contributed by atoms with van der Waals surface area (Å²) in [5.74, 6) is 0.249. The number of aromatic nitrogens is 1. The molecule has 2 rings (SSSR count). The fourth-order valence-electron chi connectivity index (χ4n) is 1.99. The van der Waals surface area contributed by atoms with E-state index in [1.807, 2.05) is 6.92 Å². The minimum atomic E-state index is -0.477. The Balaban J connectivity index is 1.76. The average molecular weight is 352 g/mol. The lowest BCUT2D eigenvalue weighted by atomic mass is 10.1. The number of hydrazine groups is 1. The number of amides is 2. The smallest absolute Gasteiger partial charge is 0.276 e. The minimum Gasteiger partial charge on any atom is -0.484 e. The largest absolute Gasteiger partial charge is 0.484 e. The fraction of sp³-hybridized carbons (Fsp3) is 0.312. The number of carbonyl (C=O) groups is 2. The maximum absolute atomic E-state index is 11.8. The molecule has 0 aliphatic rings. The second-order valence-corrected chi connectivity index (χ2v) is 5.68. The van der Waals surface area contributed by atoms with Crippen LogP contribution >= 0.6 is 11.6 Å². The average Bonchev–Trinajstić information content (AvgIpc) is 2.86. The molecule has 0 aliphatic carbocycles. The Hall–Kier alpha value is -2.54. The van der Waals surface area contributed by atoms with Crippen molar-refractivity contribution in [2.24, 2.45) is 0 Å². The van der Waals surface area contributed by atoms with Crippen molar-refractivity contribution in [3.8, 4) is 5.75 Å². The molecule has 0 atom stereocenters. The fourth-order valence-corrected chi connectivity index (χ4v) is 2.11. The highest BCUT2D eigenvalue weighted by molar-refractivity contribution is 6.31. The number of hydrogen-bond acceptors (Lipinski definition) is 5. The Morgan fingerprint density at radius 3 is 2.54 bits per heavy atom. The van der Waals surface area contributed by atoms with E-state index < -0.39 is 5.91 Å². The molecule has 0 spiro atoms. The van der Waals surface area contributed by atoms with Gasteiger partial charge >= 0.3 is 0 Å². The van der Waals surface area contributed by atoms with Crippen LogP contribution in [0.25, 0.3) is 0 Å². The van der Waals surface area contributed by atoms with Crippen molar-refractivity contribution in [3.05, 3.63) is 45.8 Å². The van der Waals surface area contributed by atoms with Gasteiger partial charge in [-0.3, -0.25) is 20.4 Å². The molecule has 8 heteroatoms. The lowest BCUT2D eigenvalue weighted by Crippen LogP contribution is -2.44. The zero-order valence-electron chi connectivity index (χ0n) is 13.6. The number of aryl methyl sites for hydroxylation is 3. The van der Waals surface area contributed by atoms with Crippen LogP contribution in [0.2, 0.25) is 5.02 Å². The number of rotatable bonds is 5. The van der Waals surface area contributed by atoms with Gasteiger partial charge in [0.2, 0.25) is 5.91 Å². The van der Waals surface area contributed by atoms with E-state index in [-0.39, 0.29) is 18.9 Å². The van der Waals surface area contributed by atoms with Crippen LogP contribution in [-0.4, -0.2) is 23.6 Å². The van der Waals surface area contributed by atoms with E-state index in [1.165, 1.54) is 0 Å². The van der Waals surface area contributed by atoms with Gasteiger partial charge in [-0.05, 0) is 44.5 Å². The van der Waals surface area contributed by atoms with Crippen molar-refractivity contribution in [2.45, 2.75) is 27.2 Å². The van der Waals surface area contributed by atoms with E-state index in [2.05, 4.69) is 16.0 Å². The Labute approximate surface area is 144 Å². The van der Waals surface area contributed by atoms with Gasteiger partial charge in [0.1, 0.15) is 11.5 Å². The van der Waals surface area contributed by atoms with Gasteiger partial charge in [-0.25, -0.2) is 0 Å². The van der Waals surface area contributed by atoms with Gasteiger partial charge in [0, 0.05) is 10.6 Å². The molecule has 2 aromatic rings.